The van der Waals surface area contributed by atoms with Crippen molar-refractivity contribution in [2.24, 2.45) is 5.92 Å². The monoisotopic (exact) mass is 211 g/mol. The molecule has 7 heteroatoms. The van der Waals surface area contributed by atoms with Gasteiger partial charge in [-0.25, -0.2) is 4.68 Å². The molecule has 0 amide bonds. The Balaban J connectivity index is 2.14. The third-order valence-corrected chi connectivity index (χ3v) is 2.90. The van der Waals surface area contributed by atoms with Gasteiger partial charge in [0.1, 0.15) is 0 Å². The average molecular weight is 211 g/mol. The molecule has 5 N–H and O–H groups in total. The summed E-state index contributed by atoms with van der Waals surface area (Å²) in [5.41, 5.74) is 5.45. The van der Waals surface area contributed by atoms with Crippen LogP contribution in [0.25, 0.3) is 0 Å². The van der Waals surface area contributed by atoms with Crippen molar-refractivity contribution in [3.8, 4) is 0 Å². The second kappa shape index (κ2) is 3.41. The molecule has 1 aliphatic carbocycles. The lowest BCUT2D eigenvalue weighted by Crippen LogP contribution is -2.18. The highest BCUT2D eigenvalue weighted by molar-refractivity contribution is 5.70. The molecule has 1 fully saturated rings. The lowest BCUT2D eigenvalue weighted by atomic mass is 10.0. The number of anilines is 1. The summed E-state index contributed by atoms with van der Waals surface area (Å²) in [6.07, 6.45) is 1.99. The third kappa shape index (κ3) is 1.60. The zero-order chi connectivity index (χ0) is 11.0. The van der Waals surface area contributed by atoms with Crippen LogP contribution in [0, 0.1) is 5.92 Å². The van der Waals surface area contributed by atoms with Crippen molar-refractivity contribution in [2.75, 3.05) is 11.6 Å². The molecule has 2 unspecified atom stereocenters. The molecule has 0 bridgehead atoms. The Kier molecular flexibility index (Phi) is 2.22. The van der Waals surface area contributed by atoms with Crippen LogP contribution in [-0.2, 0) is 4.79 Å². The highest BCUT2D eigenvalue weighted by Crippen LogP contribution is 2.37. The van der Waals surface area contributed by atoms with Gasteiger partial charge in [0.15, 0.2) is 5.82 Å². The third-order valence-electron chi connectivity index (χ3n) is 2.90. The molecule has 82 valence electrons. The molecular weight excluding hydrogens is 198 g/mol. The van der Waals surface area contributed by atoms with E-state index in [0.717, 1.165) is 6.42 Å². The number of aromatic nitrogens is 3. The van der Waals surface area contributed by atoms with Gasteiger partial charge < -0.3 is 16.7 Å². The van der Waals surface area contributed by atoms with E-state index in [1.807, 2.05) is 0 Å². The first-order valence-electron chi connectivity index (χ1n) is 4.78. The minimum Gasteiger partial charge on any atom is -0.481 e. The molecule has 2 rings (SSSR count). The maximum absolute atomic E-state index is 10.8. The molecule has 2 atom stereocenters. The van der Waals surface area contributed by atoms with Gasteiger partial charge in [-0.15, -0.1) is 10.2 Å². The minimum absolute atomic E-state index is 0.0564. The minimum atomic E-state index is -0.756. The lowest BCUT2D eigenvalue weighted by Gasteiger charge is -2.07. The summed E-state index contributed by atoms with van der Waals surface area (Å²) in [7, 11) is 0. The number of hydrogen-bond donors (Lipinski definition) is 3. The van der Waals surface area contributed by atoms with E-state index in [1.165, 1.54) is 4.68 Å². The van der Waals surface area contributed by atoms with E-state index in [1.54, 1.807) is 0 Å². The van der Waals surface area contributed by atoms with E-state index in [4.69, 9.17) is 16.7 Å². The number of nitrogens with two attached hydrogens (primary N) is 2. The van der Waals surface area contributed by atoms with E-state index >= 15 is 0 Å². The number of hydrogen-bond acceptors (Lipinski definition) is 5. The Morgan fingerprint density at radius 2 is 2.20 bits per heavy atom. The van der Waals surface area contributed by atoms with Gasteiger partial charge in [0.2, 0.25) is 5.95 Å². The summed E-state index contributed by atoms with van der Waals surface area (Å²) in [5, 5.41) is 16.4. The van der Waals surface area contributed by atoms with Gasteiger partial charge >= 0.3 is 5.97 Å². The fourth-order valence-electron chi connectivity index (χ4n) is 2.03. The smallest absolute Gasteiger partial charge is 0.306 e. The van der Waals surface area contributed by atoms with Gasteiger partial charge in [-0.3, -0.25) is 4.79 Å². The summed E-state index contributed by atoms with van der Waals surface area (Å²) in [6.45, 7) is 0. The topological polar surface area (TPSA) is 120 Å². The van der Waals surface area contributed by atoms with E-state index in [-0.39, 0.29) is 17.8 Å². The van der Waals surface area contributed by atoms with Crippen molar-refractivity contribution < 1.29 is 9.90 Å². The maximum Gasteiger partial charge on any atom is 0.306 e. The number of carbonyl (C=O) groups is 1. The van der Waals surface area contributed by atoms with E-state index in [2.05, 4.69) is 10.2 Å². The maximum atomic E-state index is 10.8. The SMILES string of the molecule is Nc1nnc(C2CCC(C(=O)O)C2)n1N. The Morgan fingerprint density at radius 1 is 1.47 bits per heavy atom. The van der Waals surface area contributed by atoms with Gasteiger partial charge in [0.25, 0.3) is 0 Å². The summed E-state index contributed by atoms with van der Waals surface area (Å²) in [4.78, 5) is 10.8. The molecular formula is C8H13N5O2. The number of carboxylic acid groups (broad SMARTS) is 1. The first-order valence-corrected chi connectivity index (χ1v) is 4.78. The fraction of sp³-hybridized carbons (Fsp3) is 0.625. The molecule has 0 aliphatic heterocycles. The molecule has 1 heterocycles. The second-order valence-electron chi connectivity index (χ2n) is 3.83. The number of nitrogens with zero attached hydrogens (tertiary/aromatic N) is 3. The molecule has 0 spiro atoms. The van der Waals surface area contributed by atoms with Gasteiger partial charge in [-0.05, 0) is 19.3 Å². The molecule has 0 radical (unpaired) electrons. The average Bonchev–Trinajstić information content (AvgIpc) is 2.76. The van der Waals surface area contributed by atoms with Crippen LogP contribution >= 0.6 is 0 Å². The summed E-state index contributed by atoms with van der Waals surface area (Å²) >= 11 is 0. The van der Waals surface area contributed by atoms with Crippen LogP contribution in [0.15, 0.2) is 0 Å². The molecule has 0 saturated heterocycles. The number of rotatable bonds is 2. The molecule has 7 nitrogen and oxygen atoms in total. The Labute approximate surface area is 86.0 Å². The van der Waals surface area contributed by atoms with Crippen molar-refractivity contribution in [3.63, 3.8) is 0 Å². The zero-order valence-electron chi connectivity index (χ0n) is 8.13. The van der Waals surface area contributed by atoms with Crippen LogP contribution < -0.4 is 11.6 Å². The van der Waals surface area contributed by atoms with Gasteiger partial charge in [-0.1, -0.05) is 0 Å². The van der Waals surface area contributed by atoms with Gasteiger partial charge in [0, 0.05) is 5.92 Å². The highest BCUT2D eigenvalue weighted by Gasteiger charge is 2.33. The van der Waals surface area contributed by atoms with Gasteiger partial charge in [-0.2, -0.15) is 0 Å². The van der Waals surface area contributed by atoms with Crippen molar-refractivity contribution in [2.45, 2.75) is 25.2 Å². The van der Waals surface area contributed by atoms with Crippen LogP contribution in [0.2, 0.25) is 0 Å². The molecule has 15 heavy (non-hydrogen) atoms. The largest absolute Gasteiger partial charge is 0.481 e. The first kappa shape index (κ1) is 9.75. The Bertz CT molecular complexity index is 388. The van der Waals surface area contributed by atoms with E-state index in [0.29, 0.717) is 18.7 Å². The fourth-order valence-corrected chi connectivity index (χ4v) is 2.03. The van der Waals surface area contributed by atoms with Gasteiger partial charge in [0.05, 0.1) is 5.92 Å². The molecule has 1 aromatic heterocycles. The van der Waals surface area contributed by atoms with Crippen LogP contribution in [0.3, 0.4) is 0 Å². The van der Waals surface area contributed by atoms with Crippen molar-refractivity contribution in [3.05, 3.63) is 5.82 Å². The highest BCUT2D eigenvalue weighted by atomic mass is 16.4. The molecule has 1 aliphatic rings. The van der Waals surface area contributed by atoms with Crippen LogP contribution in [0.1, 0.15) is 31.0 Å². The van der Waals surface area contributed by atoms with Crippen LogP contribution in [-0.4, -0.2) is 25.9 Å². The Morgan fingerprint density at radius 3 is 2.67 bits per heavy atom. The summed E-state index contributed by atoms with van der Waals surface area (Å²) < 4.78 is 1.23. The normalized spacial score (nSPS) is 25.6. The summed E-state index contributed by atoms with van der Waals surface area (Å²) in [6, 6.07) is 0. The Hall–Kier alpha value is -1.79. The van der Waals surface area contributed by atoms with E-state index in [9.17, 15) is 4.79 Å². The number of aliphatic carboxylic acids is 1. The molecule has 1 aromatic rings. The standard InChI is InChI=1S/C8H13N5O2/c9-8-12-11-6(13(8)10)4-1-2-5(3-4)7(14)15/h4-5H,1-3,10H2,(H2,9,12)(H,14,15). The second-order valence-corrected chi connectivity index (χ2v) is 3.83. The first-order chi connectivity index (χ1) is 7.09. The number of carboxylic acids is 1. The van der Waals surface area contributed by atoms with Crippen LogP contribution in [0.4, 0.5) is 5.95 Å². The molecule has 1 saturated carbocycles. The zero-order valence-corrected chi connectivity index (χ0v) is 8.13. The number of nitrogen functional groups attached to an aromatic ring is 2. The molecule has 0 aromatic carbocycles. The predicted molar refractivity (Wildman–Crippen MR) is 52.3 cm³/mol. The van der Waals surface area contributed by atoms with Crippen molar-refractivity contribution >= 4 is 11.9 Å². The van der Waals surface area contributed by atoms with Crippen molar-refractivity contribution in [1.82, 2.24) is 14.9 Å². The van der Waals surface area contributed by atoms with E-state index < -0.39 is 5.97 Å². The quantitative estimate of drug-likeness (QED) is 0.569. The van der Waals surface area contributed by atoms with Crippen molar-refractivity contribution in [1.29, 1.82) is 0 Å². The predicted octanol–water partition coefficient (Wildman–Crippen LogP) is -0.458. The lowest BCUT2D eigenvalue weighted by molar-refractivity contribution is -0.141. The van der Waals surface area contributed by atoms with Crippen LogP contribution in [0.5, 0.6) is 0 Å². The summed E-state index contributed by atoms with van der Waals surface area (Å²) in [5.74, 6) is 5.36.